The number of aliphatic hydroxyl groups excluding tert-OH is 1. The molecule has 0 bridgehead atoms. The van der Waals surface area contributed by atoms with Gasteiger partial charge in [-0.3, -0.25) is 13.9 Å². The molecule has 9 nitrogen and oxygen atoms in total. The average Bonchev–Trinajstić information content (AvgIpc) is 3.25. The SMILES string of the molecule is O=C(O)c1cn(-c2ccc(N3CCOC3O)cc2)c(=O)n(C2CCCc3c(Cl)cccc32)c1=O. The molecule has 2 atom stereocenters. The molecule has 2 N–H and O–H groups in total. The van der Waals surface area contributed by atoms with Gasteiger partial charge in [0.1, 0.15) is 5.56 Å². The maximum atomic E-state index is 13.6. The van der Waals surface area contributed by atoms with E-state index in [9.17, 15) is 24.6 Å². The fourth-order valence-electron chi connectivity index (χ4n) is 4.74. The third kappa shape index (κ3) is 3.71. The fourth-order valence-corrected chi connectivity index (χ4v) is 5.02. The molecule has 0 radical (unpaired) electrons. The van der Waals surface area contributed by atoms with E-state index in [1.54, 1.807) is 41.3 Å². The van der Waals surface area contributed by atoms with Gasteiger partial charge >= 0.3 is 11.7 Å². The first-order valence-corrected chi connectivity index (χ1v) is 11.3. The summed E-state index contributed by atoms with van der Waals surface area (Å²) in [5, 5.41) is 20.2. The van der Waals surface area contributed by atoms with Gasteiger partial charge in [-0.1, -0.05) is 23.7 Å². The number of anilines is 1. The summed E-state index contributed by atoms with van der Waals surface area (Å²) in [6, 6.07) is 11.4. The predicted molar refractivity (Wildman–Crippen MR) is 125 cm³/mol. The summed E-state index contributed by atoms with van der Waals surface area (Å²) in [4.78, 5) is 40.3. The van der Waals surface area contributed by atoms with E-state index in [1.165, 1.54) is 4.57 Å². The van der Waals surface area contributed by atoms with E-state index >= 15 is 0 Å². The summed E-state index contributed by atoms with van der Waals surface area (Å²) in [5.41, 5.74) is 0.721. The maximum Gasteiger partial charge on any atom is 0.342 e. The first-order valence-electron chi connectivity index (χ1n) is 10.9. The predicted octanol–water partition coefficient (Wildman–Crippen LogP) is 2.39. The summed E-state index contributed by atoms with van der Waals surface area (Å²) < 4.78 is 7.35. The summed E-state index contributed by atoms with van der Waals surface area (Å²) in [5.74, 6) is -1.41. The first-order chi connectivity index (χ1) is 16.4. The summed E-state index contributed by atoms with van der Waals surface area (Å²) in [6.07, 6.45) is 1.96. The Hall–Kier alpha value is -3.40. The van der Waals surface area contributed by atoms with E-state index in [-0.39, 0.29) is 0 Å². The minimum Gasteiger partial charge on any atom is -0.477 e. The molecule has 0 saturated carbocycles. The maximum absolute atomic E-state index is 13.6. The second-order valence-electron chi connectivity index (χ2n) is 8.30. The molecule has 0 amide bonds. The normalized spacial score (nSPS) is 19.8. The molecule has 1 aromatic heterocycles. The molecule has 1 fully saturated rings. The molecule has 2 heterocycles. The molecule has 2 aliphatic rings. The fraction of sp³-hybridized carbons (Fsp3) is 0.292. The number of carbonyl (C=O) groups is 1. The lowest BCUT2D eigenvalue weighted by Gasteiger charge is -2.28. The Bertz CT molecular complexity index is 1380. The molecule has 1 aliphatic carbocycles. The van der Waals surface area contributed by atoms with Crippen molar-refractivity contribution >= 4 is 23.3 Å². The Kier molecular flexibility index (Phi) is 5.76. The first kappa shape index (κ1) is 22.4. The number of ether oxygens (including phenoxy) is 1. The number of carboxylic acids is 1. The number of halogens is 1. The van der Waals surface area contributed by atoms with Crippen molar-refractivity contribution in [3.63, 3.8) is 0 Å². The highest BCUT2D eigenvalue weighted by atomic mass is 35.5. The number of rotatable bonds is 4. The quantitative estimate of drug-likeness (QED) is 0.585. The molecule has 176 valence electrons. The smallest absolute Gasteiger partial charge is 0.342 e. The molecule has 10 heteroatoms. The lowest BCUT2D eigenvalue weighted by atomic mass is 9.87. The molecule has 34 heavy (non-hydrogen) atoms. The van der Waals surface area contributed by atoms with Crippen molar-refractivity contribution in [2.75, 3.05) is 18.1 Å². The van der Waals surface area contributed by atoms with Crippen molar-refractivity contribution < 1.29 is 19.7 Å². The van der Waals surface area contributed by atoms with E-state index in [0.717, 1.165) is 28.3 Å². The van der Waals surface area contributed by atoms with Gasteiger partial charge in [0.25, 0.3) is 5.56 Å². The Morgan fingerprint density at radius 3 is 2.50 bits per heavy atom. The van der Waals surface area contributed by atoms with Crippen LogP contribution in [0, 0.1) is 0 Å². The van der Waals surface area contributed by atoms with E-state index in [2.05, 4.69) is 0 Å². The van der Waals surface area contributed by atoms with Crippen LogP contribution in [0.2, 0.25) is 5.02 Å². The van der Waals surface area contributed by atoms with Gasteiger partial charge < -0.3 is 19.8 Å². The Morgan fingerprint density at radius 2 is 1.82 bits per heavy atom. The Labute approximate surface area is 199 Å². The second kappa shape index (κ2) is 8.75. The number of aliphatic hydroxyl groups is 1. The lowest BCUT2D eigenvalue weighted by Crippen LogP contribution is -2.45. The summed E-state index contributed by atoms with van der Waals surface area (Å²) >= 11 is 6.37. The van der Waals surface area contributed by atoms with E-state index in [4.69, 9.17) is 16.3 Å². The third-order valence-electron chi connectivity index (χ3n) is 6.41. The highest BCUT2D eigenvalue weighted by Gasteiger charge is 2.29. The van der Waals surface area contributed by atoms with Crippen LogP contribution in [0.15, 0.2) is 58.3 Å². The number of fused-ring (bicyclic) bond motifs is 1. The molecule has 1 saturated heterocycles. The van der Waals surface area contributed by atoms with Crippen LogP contribution in [0.4, 0.5) is 5.69 Å². The number of carboxylic acid groups (broad SMARTS) is 1. The largest absolute Gasteiger partial charge is 0.477 e. The Balaban J connectivity index is 1.65. The number of aromatic nitrogens is 2. The molecule has 0 spiro atoms. The van der Waals surface area contributed by atoms with Crippen LogP contribution in [0.3, 0.4) is 0 Å². The van der Waals surface area contributed by atoms with Gasteiger partial charge in [-0.15, -0.1) is 0 Å². The van der Waals surface area contributed by atoms with Crippen LogP contribution in [0.25, 0.3) is 5.69 Å². The zero-order chi connectivity index (χ0) is 24.0. The molecule has 5 rings (SSSR count). The van der Waals surface area contributed by atoms with E-state index < -0.39 is 35.2 Å². The van der Waals surface area contributed by atoms with Crippen molar-refractivity contribution in [1.82, 2.24) is 9.13 Å². The topological polar surface area (TPSA) is 114 Å². The van der Waals surface area contributed by atoms with Crippen molar-refractivity contribution in [2.24, 2.45) is 0 Å². The standard InChI is InChI=1S/C24H22ClN3O6/c25-19-5-1-4-17-16(19)3-2-6-20(17)28-21(29)18(22(30)31)13-27(23(28)32)15-9-7-14(8-10-15)26-11-12-34-24(26)33/h1,4-5,7-10,13,20,24,33H,2-3,6,11-12H2,(H,30,31). The highest BCUT2D eigenvalue weighted by Crippen LogP contribution is 2.35. The average molecular weight is 484 g/mol. The van der Waals surface area contributed by atoms with Crippen molar-refractivity contribution in [2.45, 2.75) is 31.7 Å². The zero-order valence-electron chi connectivity index (χ0n) is 18.1. The monoisotopic (exact) mass is 483 g/mol. The van der Waals surface area contributed by atoms with E-state index in [1.807, 2.05) is 6.07 Å². The second-order valence-corrected chi connectivity index (χ2v) is 8.71. The number of hydrogen-bond acceptors (Lipinski definition) is 6. The van der Waals surface area contributed by atoms with Gasteiger partial charge in [-0.2, -0.15) is 0 Å². The van der Waals surface area contributed by atoms with E-state index in [0.29, 0.717) is 42.4 Å². The highest BCUT2D eigenvalue weighted by molar-refractivity contribution is 6.31. The van der Waals surface area contributed by atoms with Crippen LogP contribution >= 0.6 is 11.6 Å². The molecule has 2 aromatic carbocycles. The van der Waals surface area contributed by atoms with Crippen LogP contribution < -0.4 is 16.1 Å². The van der Waals surface area contributed by atoms with Crippen molar-refractivity contribution in [1.29, 1.82) is 0 Å². The summed E-state index contributed by atoms with van der Waals surface area (Å²) in [7, 11) is 0. The molecule has 3 aromatic rings. The summed E-state index contributed by atoms with van der Waals surface area (Å²) in [6.45, 7) is 0.903. The number of nitrogens with zero attached hydrogens (tertiary/aromatic N) is 3. The third-order valence-corrected chi connectivity index (χ3v) is 6.76. The van der Waals surface area contributed by atoms with Crippen LogP contribution in [-0.4, -0.2) is 44.9 Å². The van der Waals surface area contributed by atoms with Gasteiger partial charge in [0.2, 0.25) is 6.41 Å². The minimum atomic E-state index is -1.41. The van der Waals surface area contributed by atoms with Gasteiger partial charge in [-0.05, 0) is 60.7 Å². The molecule has 1 aliphatic heterocycles. The van der Waals surface area contributed by atoms with Crippen LogP contribution in [0.5, 0.6) is 0 Å². The lowest BCUT2D eigenvalue weighted by molar-refractivity contribution is -0.0573. The van der Waals surface area contributed by atoms with Crippen molar-refractivity contribution in [3.8, 4) is 5.69 Å². The minimum absolute atomic E-state index is 0.390. The number of hydrogen-bond donors (Lipinski definition) is 2. The molecular weight excluding hydrogens is 462 g/mol. The van der Waals surface area contributed by atoms with Gasteiger partial charge in [0.15, 0.2) is 0 Å². The zero-order valence-corrected chi connectivity index (χ0v) is 18.8. The van der Waals surface area contributed by atoms with Gasteiger partial charge in [0, 0.05) is 23.5 Å². The van der Waals surface area contributed by atoms with Crippen molar-refractivity contribution in [3.05, 3.63) is 91.2 Å². The van der Waals surface area contributed by atoms with Crippen LogP contribution in [-0.2, 0) is 11.2 Å². The molecular formula is C24H22ClN3O6. The number of aromatic carboxylic acids is 1. The van der Waals surface area contributed by atoms with Crippen LogP contribution in [0.1, 0.15) is 40.4 Å². The Morgan fingerprint density at radius 1 is 1.09 bits per heavy atom. The molecule has 2 unspecified atom stereocenters. The van der Waals surface area contributed by atoms with Gasteiger partial charge in [0.05, 0.1) is 18.3 Å². The number of benzene rings is 2. The van der Waals surface area contributed by atoms with Gasteiger partial charge in [-0.25, -0.2) is 9.59 Å².